The second-order valence-corrected chi connectivity index (χ2v) is 5.94. The summed E-state index contributed by atoms with van der Waals surface area (Å²) in [4.78, 5) is 13.6. The quantitative estimate of drug-likeness (QED) is 0.729. The third kappa shape index (κ3) is 4.75. The summed E-state index contributed by atoms with van der Waals surface area (Å²) in [6, 6.07) is 0.233. The van der Waals surface area contributed by atoms with Gasteiger partial charge >= 0.3 is 5.97 Å². The summed E-state index contributed by atoms with van der Waals surface area (Å²) in [6.07, 6.45) is 2.82. The van der Waals surface area contributed by atoms with Gasteiger partial charge in [-0.05, 0) is 53.1 Å². The fraction of sp³-hybridized carbons (Fsp3) is 0.929. The van der Waals surface area contributed by atoms with Gasteiger partial charge in [0, 0.05) is 25.8 Å². The van der Waals surface area contributed by atoms with Gasteiger partial charge in [0.05, 0.1) is 0 Å². The molecular formula is C14H28N2O3. The SMILES string of the molecule is CNC(C)(CC(C)N(C)CC1CCOCC1)C(=O)O. The van der Waals surface area contributed by atoms with Crippen LogP contribution in [0.25, 0.3) is 0 Å². The number of hydrogen-bond acceptors (Lipinski definition) is 4. The molecule has 5 heteroatoms. The maximum atomic E-state index is 11.3. The standard InChI is InChI=1S/C14H28N2O3/c1-11(9-14(2,15-3)13(17)18)16(4)10-12-5-7-19-8-6-12/h11-12,15H,5-10H2,1-4H3,(H,17,18). The van der Waals surface area contributed by atoms with E-state index in [4.69, 9.17) is 4.74 Å². The molecule has 1 fully saturated rings. The molecule has 0 amide bonds. The summed E-state index contributed by atoms with van der Waals surface area (Å²) in [5.74, 6) is -0.117. The van der Waals surface area contributed by atoms with Crippen LogP contribution in [0.5, 0.6) is 0 Å². The lowest BCUT2D eigenvalue weighted by atomic mass is 9.92. The lowest BCUT2D eigenvalue weighted by molar-refractivity contribution is -0.144. The molecule has 2 N–H and O–H groups in total. The van der Waals surface area contributed by atoms with Crippen molar-refractivity contribution in [3.8, 4) is 0 Å². The number of ether oxygens (including phenoxy) is 1. The van der Waals surface area contributed by atoms with Crippen LogP contribution >= 0.6 is 0 Å². The highest BCUT2D eigenvalue weighted by Crippen LogP contribution is 2.20. The maximum absolute atomic E-state index is 11.3. The van der Waals surface area contributed by atoms with Gasteiger partial charge in [0.1, 0.15) is 5.54 Å². The normalized spacial score (nSPS) is 22.2. The molecule has 0 aliphatic carbocycles. The van der Waals surface area contributed by atoms with Gasteiger partial charge in [-0.3, -0.25) is 4.79 Å². The van der Waals surface area contributed by atoms with E-state index >= 15 is 0 Å². The third-order valence-corrected chi connectivity index (χ3v) is 4.37. The van der Waals surface area contributed by atoms with Gasteiger partial charge in [0.2, 0.25) is 0 Å². The first kappa shape index (κ1) is 16.4. The fourth-order valence-electron chi connectivity index (χ4n) is 2.56. The van der Waals surface area contributed by atoms with Gasteiger partial charge in [-0.1, -0.05) is 0 Å². The predicted molar refractivity (Wildman–Crippen MR) is 75.4 cm³/mol. The molecule has 0 radical (unpaired) electrons. The second-order valence-electron chi connectivity index (χ2n) is 5.94. The number of carboxylic acids is 1. The number of carboxylic acid groups (broad SMARTS) is 1. The van der Waals surface area contributed by atoms with E-state index in [9.17, 15) is 9.90 Å². The lowest BCUT2D eigenvalue weighted by Crippen LogP contribution is -2.52. The van der Waals surface area contributed by atoms with Crippen molar-refractivity contribution >= 4 is 5.97 Å². The van der Waals surface area contributed by atoms with Crippen LogP contribution < -0.4 is 5.32 Å². The molecule has 1 saturated heterocycles. The Morgan fingerprint density at radius 3 is 2.58 bits per heavy atom. The predicted octanol–water partition coefficient (Wildman–Crippen LogP) is 1.19. The van der Waals surface area contributed by atoms with Crippen molar-refractivity contribution in [3.05, 3.63) is 0 Å². The largest absolute Gasteiger partial charge is 0.480 e. The Balaban J connectivity index is 2.46. The molecule has 0 aromatic rings. The molecule has 1 heterocycles. The Morgan fingerprint density at radius 2 is 2.11 bits per heavy atom. The number of likely N-dealkylation sites (N-methyl/N-ethyl adjacent to an activating group) is 1. The highest BCUT2D eigenvalue weighted by Gasteiger charge is 2.34. The number of nitrogens with zero attached hydrogens (tertiary/aromatic N) is 1. The van der Waals surface area contributed by atoms with Crippen LogP contribution in [0.3, 0.4) is 0 Å². The third-order valence-electron chi connectivity index (χ3n) is 4.37. The molecular weight excluding hydrogens is 244 g/mol. The van der Waals surface area contributed by atoms with Crippen LogP contribution in [-0.2, 0) is 9.53 Å². The van der Waals surface area contributed by atoms with Crippen LogP contribution in [0.4, 0.5) is 0 Å². The monoisotopic (exact) mass is 272 g/mol. The Morgan fingerprint density at radius 1 is 1.53 bits per heavy atom. The van der Waals surface area contributed by atoms with Crippen molar-refractivity contribution in [1.82, 2.24) is 10.2 Å². The molecule has 0 saturated carbocycles. The molecule has 1 aliphatic heterocycles. The highest BCUT2D eigenvalue weighted by molar-refractivity contribution is 5.78. The van der Waals surface area contributed by atoms with Crippen molar-refractivity contribution in [3.63, 3.8) is 0 Å². The van der Waals surface area contributed by atoms with Crippen LogP contribution in [-0.4, -0.2) is 61.4 Å². The Labute approximate surface area is 116 Å². The van der Waals surface area contributed by atoms with Gasteiger partial charge in [0.15, 0.2) is 0 Å². The van der Waals surface area contributed by atoms with Crippen LogP contribution in [0.15, 0.2) is 0 Å². The lowest BCUT2D eigenvalue weighted by Gasteiger charge is -2.35. The van der Waals surface area contributed by atoms with E-state index in [1.807, 2.05) is 0 Å². The van der Waals surface area contributed by atoms with Gasteiger partial charge in [-0.2, -0.15) is 0 Å². The minimum atomic E-state index is -0.858. The van der Waals surface area contributed by atoms with Gasteiger partial charge < -0.3 is 20.1 Å². The van der Waals surface area contributed by atoms with Crippen LogP contribution in [0, 0.1) is 5.92 Å². The summed E-state index contributed by atoms with van der Waals surface area (Å²) in [5, 5.41) is 12.2. The van der Waals surface area contributed by atoms with E-state index in [1.54, 1.807) is 14.0 Å². The number of aliphatic carboxylic acids is 1. The molecule has 0 spiro atoms. The van der Waals surface area contributed by atoms with Crippen LogP contribution in [0.1, 0.15) is 33.1 Å². The molecule has 0 aromatic heterocycles. The first-order valence-corrected chi connectivity index (χ1v) is 7.09. The van der Waals surface area contributed by atoms with E-state index in [0.717, 1.165) is 32.6 Å². The molecule has 2 atom stereocenters. The van der Waals surface area contributed by atoms with Crippen molar-refractivity contribution < 1.29 is 14.6 Å². The molecule has 19 heavy (non-hydrogen) atoms. The molecule has 1 aliphatic rings. The zero-order chi connectivity index (χ0) is 14.5. The van der Waals surface area contributed by atoms with Crippen molar-refractivity contribution in [1.29, 1.82) is 0 Å². The van der Waals surface area contributed by atoms with E-state index < -0.39 is 11.5 Å². The molecule has 112 valence electrons. The fourth-order valence-corrected chi connectivity index (χ4v) is 2.56. The van der Waals surface area contributed by atoms with Crippen molar-refractivity contribution in [2.24, 2.45) is 5.92 Å². The van der Waals surface area contributed by atoms with Crippen molar-refractivity contribution in [2.45, 2.75) is 44.7 Å². The summed E-state index contributed by atoms with van der Waals surface area (Å²) in [6.45, 7) is 6.57. The second kappa shape index (κ2) is 7.22. The summed E-state index contributed by atoms with van der Waals surface area (Å²) >= 11 is 0. The zero-order valence-corrected chi connectivity index (χ0v) is 12.6. The number of rotatable bonds is 7. The van der Waals surface area contributed by atoms with E-state index in [-0.39, 0.29) is 6.04 Å². The average molecular weight is 272 g/mol. The van der Waals surface area contributed by atoms with E-state index in [1.165, 1.54) is 0 Å². The van der Waals surface area contributed by atoms with Crippen LogP contribution in [0.2, 0.25) is 0 Å². The highest BCUT2D eigenvalue weighted by atomic mass is 16.5. The van der Waals surface area contributed by atoms with Gasteiger partial charge in [-0.25, -0.2) is 0 Å². The smallest absolute Gasteiger partial charge is 0.323 e. The maximum Gasteiger partial charge on any atom is 0.323 e. The average Bonchev–Trinajstić information content (AvgIpc) is 2.39. The van der Waals surface area contributed by atoms with Gasteiger partial charge in [0.25, 0.3) is 0 Å². The molecule has 1 rings (SSSR count). The minimum absolute atomic E-state index is 0.233. The Kier molecular flexibility index (Phi) is 6.23. The summed E-state index contributed by atoms with van der Waals surface area (Å²) in [7, 11) is 3.79. The van der Waals surface area contributed by atoms with Gasteiger partial charge in [-0.15, -0.1) is 0 Å². The molecule has 2 unspecified atom stereocenters. The minimum Gasteiger partial charge on any atom is -0.480 e. The molecule has 0 aromatic carbocycles. The number of carbonyl (C=O) groups is 1. The van der Waals surface area contributed by atoms with E-state index in [0.29, 0.717) is 12.3 Å². The first-order valence-electron chi connectivity index (χ1n) is 7.09. The number of hydrogen-bond donors (Lipinski definition) is 2. The zero-order valence-electron chi connectivity index (χ0n) is 12.6. The first-order chi connectivity index (χ1) is 8.89. The molecule has 0 bridgehead atoms. The summed E-state index contributed by atoms with van der Waals surface area (Å²) in [5.41, 5.74) is -0.858. The summed E-state index contributed by atoms with van der Waals surface area (Å²) < 4.78 is 5.36. The topological polar surface area (TPSA) is 61.8 Å². The Bertz CT molecular complexity index is 292. The van der Waals surface area contributed by atoms with E-state index in [2.05, 4.69) is 24.2 Å². The Hall–Kier alpha value is -0.650. The number of nitrogens with one attached hydrogen (secondary N) is 1. The van der Waals surface area contributed by atoms with Crippen molar-refractivity contribution in [2.75, 3.05) is 33.9 Å². The molecule has 5 nitrogen and oxygen atoms in total.